The Kier molecular flexibility index (Phi) is 5.56. The van der Waals surface area contributed by atoms with Gasteiger partial charge in [0, 0.05) is 19.1 Å². The molecule has 0 aliphatic heterocycles. The lowest BCUT2D eigenvalue weighted by molar-refractivity contribution is 0.265. The van der Waals surface area contributed by atoms with Gasteiger partial charge in [-0.3, -0.25) is 0 Å². The van der Waals surface area contributed by atoms with Crippen LogP contribution in [0.4, 0.5) is 0 Å². The summed E-state index contributed by atoms with van der Waals surface area (Å²) in [5, 5.41) is 3.52. The van der Waals surface area contributed by atoms with Crippen molar-refractivity contribution >= 4 is 0 Å². The first-order chi connectivity index (χ1) is 7.65. The highest BCUT2D eigenvalue weighted by molar-refractivity contribution is 5.03. The molecule has 0 saturated carbocycles. The van der Waals surface area contributed by atoms with Gasteiger partial charge in [-0.2, -0.15) is 0 Å². The van der Waals surface area contributed by atoms with E-state index < -0.39 is 0 Å². The molecule has 16 heavy (non-hydrogen) atoms. The van der Waals surface area contributed by atoms with Crippen LogP contribution in [0, 0.1) is 0 Å². The van der Waals surface area contributed by atoms with Crippen LogP contribution in [-0.2, 0) is 0 Å². The zero-order chi connectivity index (χ0) is 12.0. The van der Waals surface area contributed by atoms with Gasteiger partial charge in [0.05, 0.1) is 12.3 Å². The fourth-order valence-corrected chi connectivity index (χ4v) is 1.61. The van der Waals surface area contributed by atoms with Crippen molar-refractivity contribution in [1.82, 2.24) is 10.2 Å². The Hall–Kier alpha value is -0.800. The van der Waals surface area contributed by atoms with E-state index in [0.717, 1.165) is 25.3 Å². The summed E-state index contributed by atoms with van der Waals surface area (Å²) in [5.41, 5.74) is 0. The molecule has 0 fully saturated rings. The van der Waals surface area contributed by atoms with Crippen LogP contribution < -0.4 is 5.32 Å². The summed E-state index contributed by atoms with van der Waals surface area (Å²) in [7, 11) is 2.15. The van der Waals surface area contributed by atoms with E-state index in [9.17, 15) is 0 Å². The fourth-order valence-electron chi connectivity index (χ4n) is 1.61. The molecule has 1 rings (SSSR count). The quantitative estimate of drug-likeness (QED) is 0.772. The molecule has 0 amide bonds. The summed E-state index contributed by atoms with van der Waals surface area (Å²) in [5.74, 6) is 1.04. The highest BCUT2D eigenvalue weighted by Gasteiger charge is 2.11. The number of hydrogen-bond acceptors (Lipinski definition) is 3. The summed E-state index contributed by atoms with van der Waals surface area (Å²) in [6.45, 7) is 8.66. The molecule has 1 N–H and O–H groups in total. The minimum Gasteiger partial charge on any atom is -0.468 e. The van der Waals surface area contributed by atoms with Crippen molar-refractivity contribution in [3.8, 4) is 0 Å². The highest BCUT2D eigenvalue weighted by Crippen LogP contribution is 2.16. The third-order valence-corrected chi connectivity index (χ3v) is 3.03. The molecule has 0 aliphatic rings. The predicted molar refractivity (Wildman–Crippen MR) is 67.5 cm³/mol. The Morgan fingerprint density at radius 3 is 2.69 bits per heavy atom. The first-order valence-electron chi connectivity index (χ1n) is 6.12. The maximum absolute atomic E-state index is 5.42. The molecule has 0 bridgehead atoms. The largest absolute Gasteiger partial charge is 0.468 e. The second-order valence-corrected chi connectivity index (χ2v) is 4.50. The van der Waals surface area contributed by atoms with Crippen molar-refractivity contribution in [2.45, 2.75) is 39.3 Å². The monoisotopic (exact) mass is 224 g/mol. The number of likely N-dealkylation sites (N-methyl/N-ethyl adjacent to an activating group) is 1. The van der Waals surface area contributed by atoms with Crippen LogP contribution in [0.3, 0.4) is 0 Å². The topological polar surface area (TPSA) is 28.4 Å². The molecule has 1 aromatic rings. The summed E-state index contributed by atoms with van der Waals surface area (Å²) in [6, 6.07) is 4.92. The van der Waals surface area contributed by atoms with Gasteiger partial charge in [0.15, 0.2) is 0 Å². The van der Waals surface area contributed by atoms with Crippen molar-refractivity contribution in [2.24, 2.45) is 0 Å². The lowest BCUT2D eigenvalue weighted by Gasteiger charge is -2.22. The maximum atomic E-state index is 5.42. The molecular weight excluding hydrogens is 200 g/mol. The first kappa shape index (κ1) is 13.3. The molecule has 0 radical (unpaired) electrons. The van der Waals surface area contributed by atoms with E-state index in [1.165, 1.54) is 0 Å². The number of nitrogens with one attached hydrogen (secondary N) is 1. The number of nitrogens with zero attached hydrogens (tertiary/aromatic N) is 1. The molecule has 0 spiro atoms. The van der Waals surface area contributed by atoms with Gasteiger partial charge in [-0.15, -0.1) is 0 Å². The molecule has 92 valence electrons. The second kappa shape index (κ2) is 6.71. The lowest BCUT2D eigenvalue weighted by atomic mass is 10.2. The Bertz CT molecular complexity index is 269. The predicted octanol–water partition coefficient (Wildman–Crippen LogP) is 2.66. The molecule has 1 atom stereocenters. The van der Waals surface area contributed by atoms with E-state index in [1.807, 2.05) is 12.1 Å². The summed E-state index contributed by atoms with van der Waals surface area (Å²) >= 11 is 0. The summed E-state index contributed by atoms with van der Waals surface area (Å²) in [6.07, 6.45) is 2.79. The fraction of sp³-hybridized carbons (Fsp3) is 0.692. The van der Waals surface area contributed by atoms with Crippen LogP contribution in [0.2, 0.25) is 0 Å². The molecular formula is C13H24N2O. The summed E-state index contributed by atoms with van der Waals surface area (Å²) in [4.78, 5) is 2.34. The van der Waals surface area contributed by atoms with Crippen LogP contribution >= 0.6 is 0 Å². The van der Waals surface area contributed by atoms with E-state index in [-0.39, 0.29) is 0 Å². The van der Waals surface area contributed by atoms with Gasteiger partial charge in [-0.05, 0) is 39.4 Å². The average molecular weight is 224 g/mol. The van der Waals surface area contributed by atoms with Crippen molar-refractivity contribution in [3.63, 3.8) is 0 Å². The Labute approximate surface area is 98.8 Å². The molecule has 3 nitrogen and oxygen atoms in total. The van der Waals surface area contributed by atoms with Crippen molar-refractivity contribution in [3.05, 3.63) is 24.2 Å². The Morgan fingerprint density at radius 1 is 1.44 bits per heavy atom. The molecule has 1 heterocycles. The Morgan fingerprint density at radius 2 is 2.19 bits per heavy atom. The number of hydrogen-bond donors (Lipinski definition) is 1. The van der Waals surface area contributed by atoms with Crippen molar-refractivity contribution in [2.75, 3.05) is 20.1 Å². The van der Waals surface area contributed by atoms with E-state index in [1.54, 1.807) is 6.26 Å². The van der Waals surface area contributed by atoms with Gasteiger partial charge in [0.2, 0.25) is 0 Å². The molecule has 1 aromatic heterocycles. The SMILES string of the molecule is CCC(NCCN(C)C(C)C)c1ccco1. The molecule has 0 saturated heterocycles. The molecule has 0 aliphatic carbocycles. The average Bonchev–Trinajstić information content (AvgIpc) is 2.77. The van der Waals surface area contributed by atoms with Gasteiger partial charge >= 0.3 is 0 Å². The number of furan rings is 1. The smallest absolute Gasteiger partial charge is 0.120 e. The van der Waals surface area contributed by atoms with Gasteiger partial charge in [0.25, 0.3) is 0 Å². The van der Waals surface area contributed by atoms with Crippen LogP contribution in [-0.4, -0.2) is 31.1 Å². The normalized spacial score (nSPS) is 13.6. The van der Waals surface area contributed by atoms with Gasteiger partial charge < -0.3 is 14.6 Å². The maximum Gasteiger partial charge on any atom is 0.120 e. The number of rotatable bonds is 7. The molecule has 1 unspecified atom stereocenters. The first-order valence-corrected chi connectivity index (χ1v) is 6.12. The second-order valence-electron chi connectivity index (χ2n) is 4.50. The minimum absolute atomic E-state index is 0.343. The van der Waals surface area contributed by atoms with E-state index in [4.69, 9.17) is 4.42 Å². The summed E-state index contributed by atoms with van der Waals surface area (Å²) < 4.78 is 5.42. The van der Waals surface area contributed by atoms with Crippen molar-refractivity contribution < 1.29 is 4.42 Å². The zero-order valence-electron chi connectivity index (χ0n) is 10.9. The minimum atomic E-state index is 0.343. The van der Waals surface area contributed by atoms with Crippen LogP contribution in [0.5, 0.6) is 0 Å². The van der Waals surface area contributed by atoms with Crippen LogP contribution in [0.15, 0.2) is 22.8 Å². The third kappa shape index (κ3) is 3.99. The lowest BCUT2D eigenvalue weighted by Crippen LogP contribution is -2.35. The standard InChI is InChI=1S/C13H24N2O/c1-5-12(13-7-6-10-16-13)14-8-9-15(4)11(2)3/h6-7,10-12,14H,5,8-9H2,1-4H3. The van der Waals surface area contributed by atoms with Crippen LogP contribution in [0.1, 0.15) is 39.0 Å². The van der Waals surface area contributed by atoms with Gasteiger partial charge in [-0.1, -0.05) is 6.92 Å². The van der Waals surface area contributed by atoms with Gasteiger partial charge in [0.1, 0.15) is 5.76 Å². The molecule has 0 aromatic carbocycles. The van der Waals surface area contributed by atoms with E-state index in [0.29, 0.717) is 12.1 Å². The van der Waals surface area contributed by atoms with Gasteiger partial charge in [-0.25, -0.2) is 0 Å². The van der Waals surface area contributed by atoms with Crippen molar-refractivity contribution in [1.29, 1.82) is 0 Å². The van der Waals surface area contributed by atoms with Crippen LogP contribution in [0.25, 0.3) is 0 Å². The highest BCUT2D eigenvalue weighted by atomic mass is 16.3. The zero-order valence-corrected chi connectivity index (χ0v) is 10.9. The third-order valence-electron chi connectivity index (χ3n) is 3.03. The van der Waals surface area contributed by atoms with E-state index in [2.05, 4.69) is 38.0 Å². The van der Waals surface area contributed by atoms with E-state index >= 15 is 0 Å². The Balaban J connectivity index is 2.30. The molecule has 3 heteroatoms.